The van der Waals surface area contributed by atoms with Crippen molar-refractivity contribution in [1.29, 1.82) is 0 Å². The van der Waals surface area contributed by atoms with Crippen LogP contribution in [0.2, 0.25) is 10.0 Å². The van der Waals surface area contributed by atoms with Gasteiger partial charge in [0.15, 0.2) is 0 Å². The van der Waals surface area contributed by atoms with Gasteiger partial charge in [-0.25, -0.2) is 0 Å². The Morgan fingerprint density at radius 3 is 2.45 bits per heavy atom. The molecule has 4 nitrogen and oxygen atoms in total. The molecule has 1 fully saturated rings. The Morgan fingerprint density at radius 2 is 1.85 bits per heavy atom. The molecule has 1 aromatic carbocycles. The number of nitrogen functional groups attached to an aromatic ring is 1. The number of hydrogen-bond donors (Lipinski definition) is 2. The molecular formula is C14H19Cl2N3O. The maximum Gasteiger partial charge on any atom is 0.224 e. The second kappa shape index (κ2) is 7.16. The van der Waals surface area contributed by atoms with Gasteiger partial charge in [-0.1, -0.05) is 23.2 Å². The van der Waals surface area contributed by atoms with E-state index in [2.05, 4.69) is 10.2 Å². The fourth-order valence-corrected chi connectivity index (χ4v) is 2.98. The van der Waals surface area contributed by atoms with Crippen molar-refractivity contribution in [3.63, 3.8) is 0 Å². The van der Waals surface area contributed by atoms with Gasteiger partial charge in [-0.05, 0) is 51.0 Å². The van der Waals surface area contributed by atoms with E-state index in [0.29, 0.717) is 27.8 Å². The lowest BCUT2D eigenvalue weighted by molar-refractivity contribution is -0.116. The molecule has 0 bridgehead atoms. The van der Waals surface area contributed by atoms with Crippen LogP contribution in [0.1, 0.15) is 25.7 Å². The molecule has 110 valence electrons. The van der Waals surface area contributed by atoms with Crippen molar-refractivity contribution in [2.24, 2.45) is 0 Å². The molecule has 1 aliphatic rings. The fourth-order valence-electron chi connectivity index (χ4n) is 2.38. The molecule has 6 heteroatoms. The zero-order chi connectivity index (χ0) is 14.5. The smallest absolute Gasteiger partial charge is 0.224 e. The Bertz CT molecular complexity index is 464. The van der Waals surface area contributed by atoms with Crippen molar-refractivity contribution in [1.82, 2.24) is 4.90 Å². The van der Waals surface area contributed by atoms with Crippen molar-refractivity contribution in [2.45, 2.75) is 25.7 Å². The third kappa shape index (κ3) is 4.27. The summed E-state index contributed by atoms with van der Waals surface area (Å²) in [5, 5.41) is 3.48. The van der Waals surface area contributed by atoms with Crippen molar-refractivity contribution in [3.05, 3.63) is 22.2 Å². The van der Waals surface area contributed by atoms with E-state index in [1.54, 1.807) is 12.1 Å². The summed E-state index contributed by atoms with van der Waals surface area (Å²) in [6, 6.07) is 3.15. The molecule has 0 radical (unpaired) electrons. The number of benzene rings is 1. The first-order chi connectivity index (χ1) is 9.56. The second-order valence-corrected chi connectivity index (χ2v) is 5.87. The molecule has 1 heterocycles. The van der Waals surface area contributed by atoms with E-state index in [0.717, 1.165) is 26.1 Å². The summed E-state index contributed by atoms with van der Waals surface area (Å²) in [5.74, 6) is -0.0715. The Hall–Kier alpha value is -0.970. The molecule has 1 aromatic rings. The topological polar surface area (TPSA) is 58.4 Å². The minimum atomic E-state index is -0.0715. The summed E-state index contributed by atoms with van der Waals surface area (Å²) >= 11 is 12.1. The molecule has 0 unspecified atom stereocenters. The number of likely N-dealkylation sites (tertiary alicyclic amines) is 1. The highest BCUT2D eigenvalue weighted by molar-refractivity contribution is 6.40. The summed E-state index contributed by atoms with van der Waals surface area (Å²) in [4.78, 5) is 14.3. The van der Waals surface area contributed by atoms with Gasteiger partial charge >= 0.3 is 0 Å². The summed E-state index contributed by atoms with van der Waals surface area (Å²) < 4.78 is 0. The van der Waals surface area contributed by atoms with Crippen LogP contribution in [0.3, 0.4) is 0 Å². The fraction of sp³-hybridized carbons (Fsp3) is 0.500. The van der Waals surface area contributed by atoms with E-state index in [1.807, 2.05) is 0 Å². The largest absolute Gasteiger partial charge is 0.399 e. The van der Waals surface area contributed by atoms with Crippen LogP contribution < -0.4 is 11.1 Å². The van der Waals surface area contributed by atoms with Crippen LogP contribution in [-0.4, -0.2) is 30.4 Å². The standard InChI is InChI=1S/C14H19Cl2N3O/c15-11-8-10(17)9-12(16)14(11)18-13(20)4-3-7-19-5-1-2-6-19/h8-9H,1-7,17H2,(H,18,20). The lowest BCUT2D eigenvalue weighted by Gasteiger charge is -2.14. The molecule has 0 spiro atoms. The Labute approximate surface area is 129 Å². The molecule has 1 aliphatic heterocycles. The van der Waals surface area contributed by atoms with Gasteiger partial charge in [-0.3, -0.25) is 4.79 Å². The van der Waals surface area contributed by atoms with Crippen LogP contribution in [0.5, 0.6) is 0 Å². The number of rotatable bonds is 5. The van der Waals surface area contributed by atoms with E-state index in [1.165, 1.54) is 12.8 Å². The minimum Gasteiger partial charge on any atom is -0.399 e. The molecule has 20 heavy (non-hydrogen) atoms. The number of nitrogens with two attached hydrogens (primary N) is 1. The van der Waals surface area contributed by atoms with Crippen LogP contribution in [0.25, 0.3) is 0 Å². The lowest BCUT2D eigenvalue weighted by atomic mass is 10.2. The summed E-state index contributed by atoms with van der Waals surface area (Å²) in [7, 11) is 0. The highest BCUT2D eigenvalue weighted by Crippen LogP contribution is 2.32. The first kappa shape index (κ1) is 15.4. The predicted molar refractivity (Wildman–Crippen MR) is 84.4 cm³/mol. The number of anilines is 2. The third-order valence-corrected chi connectivity index (χ3v) is 4.00. The third-order valence-electron chi connectivity index (χ3n) is 3.41. The van der Waals surface area contributed by atoms with Crippen LogP contribution in [0.15, 0.2) is 12.1 Å². The average Bonchev–Trinajstić information content (AvgIpc) is 2.87. The van der Waals surface area contributed by atoms with Gasteiger partial charge in [0.1, 0.15) is 0 Å². The highest BCUT2D eigenvalue weighted by atomic mass is 35.5. The van der Waals surface area contributed by atoms with E-state index in [4.69, 9.17) is 28.9 Å². The molecule has 3 N–H and O–H groups in total. The molecule has 0 aromatic heterocycles. The quantitative estimate of drug-likeness (QED) is 0.819. The van der Waals surface area contributed by atoms with Crippen molar-refractivity contribution >= 4 is 40.5 Å². The molecular weight excluding hydrogens is 297 g/mol. The Kier molecular flexibility index (Phi) is 5.52. The van der Waals surface area contributed by atoms with E-state index in [-0.39, 0.29) is 5.91 Å². The normalized spacial score (nSPS) is 15.5. The number of nitrogens with zero attached hydrogens (tertiary/aromatic N) is 1. The first-order valence-electron chi connectivity index (χ1n) is 6.83. The van der Waals surface area contributed by atoms with Crippen LogP contribution in [0.4, 0.5) is 11.4 Å². The molecule has 1 amide bonds. The van der Waals surface area contributed by atoms with Gasteiger partial charge in [0.05, 0.1) is 15.7 Å². The second-order valence-electron chi connectivity index (χ2n) is 5.06. The zero-order valence-electron chi connectivity index (χ0n) is 11.3. The minimum absolute atomic E-state index is 0.0715. The highest BCUT2D eigenvalue weighted by Gasteiger charge is 2.13. The number of amides is 1. The molecule has 0 aliphatic carbocycles. The van der Waals surface area contributed by atoms with Gasteiger partial charge in [0, 0.05) is 12.1 Å². The maximum absolute atomic E-state index is 11.9. The van der Waals surface area contributed by atoms with E-state index in [9.17, 15) is 4.79 Å². The first-order valence-corrected chi connectivity index (χ1v) is 7.58. The number of halogens is 2. The number of carbonyl (C=O) groups is 1. The van der Waals surface area contributed by atoms with Gasteiger partial charge in [-0.15, -0.1) is 0 Å². The lowest BCUT2D eigenvalue weighted by Crippen LogP contribution is -2.22. The molecule has 1 saturated heterocycles. The summed E-state index contributed by atoms with van der Waals surface area (Å²) in [6.07, 6.45) is 3.84. The monoisotopic (exact) mass is 315 g/mol. The maximum atomic E-state index is 11.9. The van der Waals surface area contributed by atoms with Gasteiger partial charge in [0.2, 0.25) is 5.91 Å². The van der Waals surface area contributed by atoms with Gasteiger partial charge in [-0.2, -0.15) is 0 Å². The number of nitrogens with one attached hydrogen (secondary N) is 1. The summed E-state index contributed by atoms with van der Waals surface area (Å²) in [5.41, 5.74) is 6.54. The molecule has 0 atom stereocenters. The van der Waals surface area contributed by atoms with Gasteiger partial charge < -0.3 is 16.0 Å². The van der Waals surface area contributed by atoms with Crippen LogP contribution in [0, 0.1) is 0 Å². The molecule has 2 rings (SSSR count). The predicted octanol–water partition coefficient (Wildman–Crippen LogP) is 3.39. The average molecular weight is 316 g/mol. The Balaban J connectivity index is 1.82. The van der Waals surface area contributed by atoms with Crippen molar-refractivity contribution < 1.29 is 4.79 Å². The number of hydrogen-bond acceptors (Lipinski definition) is 3. The van der Waals surface area contributed by atoms with Crippen molar-refractivity contribution in [2.75, 3.05) is 30.7 Å². The SMILES string of the molecule is Nc1cc(Cl)c(NC(=O)CCCN2CCCC2)c(Cl)c1. The van der Waals surface area contributed by atoms with Crippen LogP contribution in [-0.2, 0) is 4.79 Å². The van der Waals surface area contributed by atoms with Crippen molar-refractivity contribution in [3.8, 4) is 0 Å². The number of carbonyl (C=O) groups excluding carboxylic acids is 1. The van der Waals surface area contributed by atoms with E-state index < -0.39 is 0 Å². The molecule has 0 saturated carbocycles. The summed E-state index contributed by atoms with van der Waals surface area (Å²) in [6.45, 7) is 3.27. The zero-order valence-corrected chi connectivity index (χ0v) is 12.8. The Morgan fingerprint density at radius 1 is 1.25 bits per heavy atom. The van der Waals surface area contributed by atoms with E-state index >= 15 is 0 Å². The van der Waals surface area contributed by atoms with Gasteiger partial charge in [0.25, 0.3) is 0 Å². The van der Waals surface area contributed by atoms with Crippen LogP contribution >= 0.6 is 23.2 Å².